The first-order valence-corrected chi connectivity index (χ1v) is 11.6. The summed E-state index contributed by atoms with van der Waals surface area (Å²) in [6.45, 7) is 9.61. The number of aromatic nitrogens is 3. The summed E-state index contributed by atoms with van der Waals surface area (Å²) in [6, 6.07) is 11.7. The Hall–Kier alpha value is -3.00. The Morgan fingerprint density at radius 1 is 1.12 bits per heavy atom. The molecule has 1 heterocycles. The number of benzene rings is 2. The minimum Gasteiger partial charge on any atom is -0.476 e. The van der Waals surface area contributed by atoms with E-state index < -0.39 is 11.6 Å². The van der Waals surface area contributed by atoms with Crippen LogP contribution in [-0.4, -0.2) is 38.8 Å². The standard InChI is InChI=1S/C24H29N3O4S/c1-7-30-22(28)24(4,5)31-21-16(2)12-18(13-17(21)3)14-27-23(29)26(15-25-27)19-8-10-20(32-6)11-9-19/h8-13,15H,7,14H2,1-6H3. The molecule has 0 bridgehead atoms. The first-order valence-electron chi connectivity index (χ1n) is 10.4. The van der Waals surface area contributed by atoms with Crippen LogP contribution in [0.15, 0.2) is 52.4 Å². The molecule has 0 radical (unpaired) electrons. The lowest BCUT2D eigenvalue weighted by atomic mass is 10.0. The van der Waals surface area contributed by atoms with Crippen LogP contribution in [0.25, 0.3) is 5.69 Å². The van der Waals surface area contributed by atoms with Crippen molar-refractivity contribution in [2.75, 3.05) is 12.9 Å². The zero-order valence-corrected chi connectivity index (χ0v) is 20.2. The number of carbonyl (C=O) groups is 1. The zero-order valence-electron chi connectivity index (χ0n) is 19.3. The van der Waals surface area contributed by atoms with Crippen LogP contribution < -0.4 is 10.4 Å². The Balaban J connectivity index is 1.83. The van der Waals surface area contributed by atoms with Crippen LogP contribution in [0.3, 0.4) is 0 Å². The van der Waals surface area contributed by atoms with Crippen LogP contribution in [0.5, 0.6) is 5.75 Å². The quantitative estimate of drug-likeness (QED) is 0.375. The normalized spacial score (nSPS) is 11.4. The van der Waals surface area contributed by atoms with E-state index in [2.05, 4.69) is 5.10 Å². The van der Waals surface area contributed by atoms with Gasteiger partial charge in [-0.1, -0.05) is 12.1 Å². The lowest BCUT2D eigenvalue weighted by Crippen LogP contribution is -2.40. The van der Waals surface area contributed by atoms with E-state index in [0.717, 1.165) is 27.3 Å². The van der Waals surface area contributed by atoms with E-state index in [-0.39, 0.29) is 5.69 Å². The van der Waals surface area contributed by atoms with Gasteiger partial charge >= 0.3 is 11.7 Å². The van der Waals surface area contributed by atoms with Gasteiger partial charge in [0.1, 0.15) is 12.1 Å². The fourth-order valence-corrected chi connectivity index (χ4v) is 3.84. The van der Waals surface area contributed by atoms with E-state index in [9.17, 15) is 9.59 Å². The summed E-state index contributed by atoms with van der Waals surface area (Å²) in [5, 5.41) is 4.28. The fraction of sp³-hybridized carbons (Fsp3) is 0.375. The summed E-state index contributed by atoms with van der Waals surface area (Å²) in [5.41, 5.74) is 2.13. The van der Waals surface area contributed by atoms with Crippen LogP contribution in [-0.2, 0) is 16.1 Å². The summed E-state index contributed by atoms with van der Waals surface area (Å²) in [6.07, 6.45) is 3.55. The molecule has 0 unspecified atom stereocenters. The molecule has 0 saturated carbocycles. The molecule has 0 atom stereocenters. The summed E-state index contributed by atoms with van der Waals surface area (Å²) in [4.78, 5) is 26.2. The highest BCUT2D eigenvalue weighted by Crippen LogP contribution is 2.29. The maximum absolute atomic E-state index is 12.9. The van der Waals surface area contributed by atoms with Crippen molar-refractivity contribution in [2.45, 2.75) is 51.7 Å². The van der Waals surface area contributed by atoms with Crippen LogP contribution in [0, 0.1) is 13.8 Å². The first-order chi connectivity index (χ1) is 15.2. The molecule has 2 aromatic carbocycles. The molecule has 1 aromatic heterocycles. The second-order valence-corrected chi connectivity index (χ2v) is 8.91. The molecule has 3 rings (SSSR count). The van der Waals surface area contributed by atoms with Gasteiger partial charge in [-0.15, -0.1) is 11.8 Å². The number of rotatable bonds is 8. The molecule has 170 valence electrons. The highest BCUT2D eigenvalue weighted by atomic mass is 32.2. The molecule has 0 N–H and O–H groups in total. The molecule has 32 heavy (non-hydrogen) atoms. The Morgan fingerprint density at radius 3 is 2.31 bits per heavy atom. The Kier molecular flexibility index (Phi) is 7.13. The summed E-state index contributed by atoms with van der Waals surface area (Å²) in [5.74, 6) is 0.226. The third-order valence-electron chi connectivity index (χ3n) is 5.06. The van der Waals surface area contributed by atoms with E-state index in [1.54, 1.807) is 32.5 Å². The van der Waals surface area contributed by atoms with Crippen molar-refractivity contribution >= 4 is 17.7 Å². The molecule has 0 amide bonds. The molecule has 0 aliphatic rings. The molecule has 7 nitrogen and oxygen atoms in total. The number of esters is 1. The third kappa shape index (κ3) is 5.07. The van der Waals surface area contributed by atoms with Crippen LogP contribution in [0.4, 0.5) is 0 Å². The minimum absolute atomic E-state index is 0.207. The molecule has 8 heteroatoms. The number of thioether (sulfide) groups is 1. The van der Waals surface area contributed by atoms with Gasteiger partial charge in [-0.25, -0.2) is 18.8 Å². The van der Waals surface area contributed by atoms with Gasteiger partial charge in [-0.2, -0.15) is 5.10 Å². The fourth-order valence-electron chi connectivity index (χ4n) is 3.43. The van der Waals surface area contributed by atoms with E-state index in [1.165, 1.54) is 15.6 Å². The predicted octanol–water partition coefficient (Wildman–Crippen LogP) is 4.14. The van der Waals surface area contributed by atoms with Crippen molar-refractivity contribution in [1.82, 2.24) is 14.3 Å². The first kappa shape index (κ1) is 23.7. The van der Waals surface area contributed by atoms with Gasteiger partial charge in [0.05, 0.1) is 18.8 Å². The largest absolute Gasteiger partial charge is 0.476 e. The van der Waals surface area contributed by atoms with Gasteiger partial charge in [-0.05, 0) is 81.8 Å². The van der Waals surface area contributed by atoms with Crippen molar-refractivity contribution in [3.05, 3.63) is 69.9 Å². The van der Waals surface area contributed by atoms with Crippen LogP contribution in [0.2, 0.25) is 0 Å². The zero-order chi connectivity index (χ0) is 23.5. The molecule has 0 aliphatic carbocycles. The van der Waals surface area contributed by atoms with Crippen molar-refractivity contribution in [1.29, 1.82) is 0 Å². The van der Waals surface area contributed by atoms with Crippen LogP contribution >= 0.6 is 11.8 Å². The van der Waals surface area contributed by atoms with Gasteiger partial charge in [0, 0.05) is 4.90 Å². The molecule has 0 spiro atoms. The number of nitrogens with zero attached hydrogens (tertiary/aromatic N) is 3. The maximum Gasteiger partial charge on any atom is 0.350 e. The molecular formula is C24H29N3O4S. The lowest BCUT2D eigenvalue weighted by Gasteiger charge is -2.26. The molecule has 0 saturated heterocycles. The highest BCUT2D eigenvalue weighted by molar-refractivity contribution is 7.98. The highest BCUT2D eigenvalue weighted by Gasteiger charge is 2.32. The average molecular weight is 456 g/mol. The Bertz CT molecular complexity index is 1140. The molecule has 0 aliphatic heterocycles. The monoisotopic (exact) mass is 455 g/mol. The second kappa shape index (κ2) is 9.65. The van der Waals surface area contributed by atoms with Crippen molar-refractivity contribution in [2.24, 2.45) is 0 Å². The average Bonchev–Trinajstić information content (AvgIpc) is 3.11. The smallest absolute Gasteiger partial charge is 0.350 e. The third-order valence-corrected chi connectivity index (χ3v) is 5.80. The number of ether oxygens (including phenoxy) is 2. The van der Waals surface area contributed by atoms with Gasteiger partial charge in [0.15, 0.2) is 5.60 Å². The van der Waals surface area contributed by atoms with E-state index in [1.807, 2.05) is 56.5 Å². The van der Waals surface area contributed by atoms with Gasteiger partial charge < -0.3 is 9.47 Å². The summed E-state index contributed by atoms with van der Waals surface area (Å²) < 4.78 is 14.1. The van der Waals surface area contributed by atoms with E-state index in [4.69, 9.17) is 9.47 Å². The second-order valence-electron chi connectivity index (χ2n) is 8.03. The molecule has 0 fully saturated rings. The minimum atomic E-state index is -1.10. The number of hydrogen-bond acceptors (Lipinski definition) is 6. The Labute approximate surface area is 192 Å². The number of aryl methyl sites for hydroxylation is 2. The predicted molar refractivity (Wildman–Crippen MR) is 126 cm³/mol. The van der Waals surface area contributed by atoms with Gasteiger partial charge in [0.25, 0.3) is 0 Å². The lowest BCUT2D eigenvalue weighted by molar-refractivity contribution is -0.158. The maximum atomic E-state index is 12.9. The van der Waals surface area contributed by atoms with Crippen molar-refractivity contribution < 1.29 is 14.3 Å². The number of hydrogen-bond donors (Lipinski definition) is 0. The SMILES string of the molecule is CCOC(=O)C(C)(C)Oc1c(C)cc(Cn2ncn(-c3ccc(SC)cc3)c2=O)cc1C. The number of carbonyl (C=O) groups excluding carboxylic acids is 1. The molecular weight excluding hydrogens is 426 g/mol. The van der Waals surface area contributed by atoms with E-state index >= 15 is 0 Å². The van der Waals surface area contributed by atoms with Gasteiger partial charge in [0.2, 0.25) is 0 Å². The topological polar surface area (TPSA) is 75.3 Å². The summed E-state index contributed by atoms with van der Waals surface area (Å²) in [7, 11) is 0. The van der Waals surface area contributed by atoms with Crippen LogP contribution in [0.1, 0.15) is 37.5 Å². The Morgan fingerprint density at radius 2 is 1.75 bits per heavy atom. The van der Waals surface area contributed by atoms with Gasteiger partial charge in [-0.3, -0.25) is 0 Å². The van der Waals surface area contributed by atoms with Crippen molar-refractivity contribution in [3.8, 4) is 11.4 Å². The summed E-state index contributed by atoms with van der Waals surface area (Å²) >= 11 is 1.65. The van der Waals surface area contributed by atoms with E-state index in [0.29, 0.717) is 18.9 Å². The van der Waals surface area contributed by atoms with Crippen molar-refractivity contribution in [3.63, 3.8) is 0 Å². The molecule has 3 aromatic rings.